The molecule has 0 amide bonds. The Kier molecular flexibility index (Phi) is 8.01. The second kappa shape index (κ2) is 10.5. The quantitative estimate of drug-likeness (QED) is 0.135. The van der Waals surface area contributed by atoms with E-state index in [2.05, 4.69) is 24.1 Å². The van der Waals surface area contributed by atoms with Crippen LogP contribution in [0.15, 0.2) is 23.2 Å². The molecule has 0 atom stereocenters. The van der Waals surface area contributed by atoms with Crippen LogP contribution in [-0.4, -0.2) is 5.16 Å². The van der Waals surface area contributed by atoms with Crippen molar-refractivity contribution in [3.63, 3.8) is 0 Å². The molecule has 0 aromatic heterocycles. The first kappa shape index (κ1) is 23.6. The molecule has 6 heteroatoms. The van der Waals surface area contributed by atoms with Crippen molar-refractivity contribution >= 4 is 23.1 Å². The Bertz CT molecular complexity index is 960. The lowest BCUT2D eigenvalue weighted by Gasteiger charge is -2.29. The standard InChI is InChI=1S/C25H27F4NS/c1-3-4-5-6-16-7-9-17(10-8-16)18-11-12-19(15(2)13-18)20-21(26)23(28)25(30-14-31)24(29)22(20)27/h11-13,16-17H,3-10H2,1-2H3. The molecule has 1 saturated carbocycles. The Morgan fingerprint density at radius 1 is 0.968 bits per heavy atom. The van der Waals surface area contributed by atoms with Crippen molar-refractivity contribution in [2.45, 2.75) is 71.1 Å². The Morgan fingerprint density at radius 2 is 1.61 bits per heavy atom. The van der Waals surface area contributed by atoms with E-state index in [1.807, 2.05) is 12.1 Å². The maximum Gasteiger partial charge on any atom is 0.189 e. The zero-order valence-electron chi connectivity index (χ0n) is 17.9. The third-order valence-corrected chi connectivity index (χ3v) is 6.54. The highest BCUT2D eigenvalue weighted by atomic mass is 32.1. The molecule has 0 aliphatic heterocycles. The Balaban J connectivity index is 1.84. The van der Waals surface area contributed by atoms with Gasteiger partial charge in [0.15, 0.2) is 29.0 Å². The largest absolute Gasteiger partial charge is 0.203 e. The van der Waals surface area contributed by atoms with Crippen molar-refractivity contribution in [3.05, 3.63) is 52.6 Å². The highest BCUT2D eigenvalue weighted by Crippen LogP contribution is 2.41. The molecule has 166 valence electrons. The predicted octanol–water partition coefficient (Wildman–Crippen LogP) is 8.81. The van der Waals surface area contributed by atoms with Gasteiger partial charge in [-0.25, -0.2) is 17.6 Å². The average Bonchev–Trinajstić information content (AvgIpc) is 2.77. The van der Waals surface area contributed by atoms with Gasteiger partial charge in [-0.15, -0.1) is 0 Å². The van der Waals surface area contributed by atoms with Gasteiger partial charge in [0.05, 0.1) is 10.7 Å². The lowest BCUT2D eigenvalue weighted by Crippen LogP contribution is -2.13. The fourth-order valence-electron chi connectivity index (χ4n) is 4.69. The summed E-state index contributed by atoms with van der Waals surface area (Å²) in [5, 5.41) is 1.75. The number of rotatable bonds is 7. The van der Waals surface area contributed by atoms with Crippen LogP contribution in [0.4, 0.5) is 23.2 Å². The Hall–Kier alpha value is -2.04. The second-order valence-corrected chi connectivity index (χ2v) is 8.65. The summed E-state index contributed by atoms with van der Waals surface area (Å²) in [6.45, 7) is 3.91. The molecule has 1 aliphatic carbocycles. The normalized spacial score (nSPS) is 18.6. The van der Waals surface area contributed by atoms with Crippen LogP contribution in [0, 0.1) is 36.1 Å². The molecule has 0 bridgehead atoms. The van der Waals surface area contributed by atoms with Gasteiger partial charge in [0.25, 0.3) is 0 Å². The van der Waals surface area contributed by atoms with Crippen LogP contribution >= 0.6 is 12.2 Å². The summed E-state index contributed by atoms with van der Waals surface area (Å²) in [7, 11) is 0. The van der Waals surface area contributed by atoms with Gasteiger partial charge in [0.2, 0.25) is 0 Å². The van der Waals surface area contributed by atoms with Crippen molar-refractivity contribution < 1.29 is 17.6 Å². The number of hydrogen-bond acceptors (Lipinski definition) is 2. The number of aryl methyl sites for hydroxylation is 1. The molecule has 1 aliphatic rings. The molecule has 2 aromatic carbocycles. The predicted molar refractivity (Wildman–Crippen MR) is 120 cm³/mol. The molecule has 3 rings (SSSR count). The number of nitrogens with zero attached hydrogens (tertiary/aromatic N) is 1. The summed E-state index contributed by atoms with van der Waals surface area (Å²) in [6, 6.07) is 5.26. The lowest BCUT2D eigenvalue weighted by molar-refractivity contribution is 0.303. The molecular weight excluding hydrogens is 422 g/mol. The minimum atomic E-state index is -1.57. The van der Waals surface area contributed by atoms with Crippen LogP contribution < -0.4 is 0 Å². The van der Waals surface area contributed by atoms with Gasteiger partial charge in [-0.05, 0) is 73.4 Å². The monoisotopic (exact) mass is 449 g/mol. The van der Waals surface area contributed by atoms with Crippen molar-refractivity contribution in [1.29, 1.82) is 0 Å². The number of thiocarbonyl (C=S) groups is 1. The number of halogens is 4. The summed E-state index contributed by atoms with van der Waals surface area (Å²) < 4.78 is 57.8. The first-order chi connectivity index (χ1) is 14.9. The van der Waals surface area contributed by atoms with Gasteiger partial charge >= 0.3 is 0 Å². The van der Waals surface area contributed by atoms with Gasteiger partial charge in [-0.3, -0.25) is 0 Å². The maximum absolute atomic E-state index is 14.6. The van der Waals surface area contributed by atoms with E-state index in [1.165, 1.54) is 38.5 Å². The smallest absolute Gasteiger partial charge is 0.189 e. The molecule has 31 heavy (non-hydrogen) atoms. The van der Waals surface area contributed by atoms with E-state index < -0.39 is 34.5 Å². The van der Waals surface area contributed by atoms with Gasteiger partial charge in [0, 0.05) is 0 Å². The van der Waals surface area contributed by atoms with Crippen LogP contribution in [0.2, 0.25) is 0 Å². The number of unbranched alkanes of at least 4 members (excludes halogenated alkanes) is 2. The van der Waals surface area contributed by atoms with Gasteiger partial charge in [-0.2, -0.15) is 4.99 Å². The Labute approximate surface area is 186 Å². The number of hydrogen-bond donors (Lipinski definition) is 0. The van der Waals surface area contributed by atoms with Gasteiger partial charge in [-0.1, -0.05) is 50.8 Å². The molecule has 0 heterocycles. The van der Waals surface area contributed by atoms with Gasteiger partial charge < -0.3 is 0 Å². The summed E-state index contributed by atoms with van der Waals surface area (Å²) in [6.07, 6.45) is 9.66. The minimum Gasteiger partial charge on any atom is -0.203 e. The summed E-state index contributed by atoms with van der Waals surface area (Å²) in [5.41, 5.74) is -0.00870. The van der Waals surface area contributed by atoms with Crippen molar-refractivity contribution in [3.8, 4) is 11.1 Å². The molecule has 1 nitrogen and oxygen atoms in total. The molecular formula is C25H27F4NS. The van der Waals surface area contributed by atoms with Gasteiger partial charge in [0.1, 0.15) is 0 Å². The molecule has 0 saturated heterocycles. The van der Waals surface area contributed by atoms with Crippen molar-refractivity contribution in [2.75, 3.05) is 0 Å². The molecule has 0 spiro atoms. The minimum absolute atomic E-state index is 0.127. The fourth-order valence-corrected chi connectivity index (χ4v) is 4.78. The third kappa shape index (κ3) is 5.07. The molecule has 0 unspecified atom stereocenters. The summed E-state index contributed by atoms with van der Waals surface area (Å²) in [4.78, 5) is 3.12. The summed E-state index contributed by atoms with van der Waals surface area (Å²) >= 11 is 4.30. The molecule has 1 fully saturated rings. The van der Waals surface area contributed by atoms with E-state index in [0.717, 1.165) is 24.3 Å². The molecule has 2 aromatic rings. The zero-order valence-corrected chi connectivity index (χ0v) is 18.7. The molecule has 0 radical (unpaired) electrons. The van der Waals surface area contributed by atoms with E-state index >= 15 is 0 Å². The van der Waals surface area contributed by atoms with E-state index in [1.54, 1.807) is 18.2 Å². The van der Waals surface area contributed by atoms with Crippen LogP contribution in [0.25, 0.3) is 11.1 Å². The van der Waals surface area contributed by atoms with E-state index in [0.29, 0.717) is 11.5 Å². The van der Waals surface area contributed by atoms with Crippen molar-refractivity contribution in [2.24, 2.45) is 10.9 Å². The zero-order chi connectivity index (χ0) is 22.5. The number of isothiocyanates is 1. The van der Waals surface area contributed by atoms with Crippen LogP contribution in [-0.2, 0) is 0 Å². The molecule has 0 N–H and O–H groups in total. The lowest BCUT2D eigenvalue weighted by atomic mass is 9.76. The second-order valence-electron chi connectivity index (χ2n) is 8.47. The number of benzene rings is 2. The topological polar surface area (TPSA) is 12.4 Å². The summed E-state index contributed by atoms with van der Waals surface area (Å²) in [5.74, 6) is -4.92. The van der Waals surface area contributed by atoms with Crippen LogP contribution in [0.5, 0.6) is 0 Å². The first-order valence-electron chi connectivity index (χ1n) is 10.9. The maximum atomic E-state index is 14.6. The van der Waals surface area contributed by atoms with E-state index in [4.69, 9.17) is 0 Å². The highest BCUT2D eigenvalue weighted by molar-refractivity contribution is 7.78. The van der Waals surface area contributed by atoms with E-state index in [9.17, 15) is 17.6 Å². The van der Waals surface area contributed by atoms with Crippen molar-refractivity contribution in [1.82, 2.24) is 0 Å². The highest BCUT2D eigenvalue weighted by Gasteiger charge is 2.28. The Morgan fingerprint density at radius 3 is 2.16 bits per heavy atom. The number of aliphatic imine (C=N–C) groups is 1. The SMILES string of the molecule is CCCCCC1CCC(c2ccc(-c3c(F)c(F)c(N=C=S)c(F)c3F)c(C)c2)CC1. The average molecular weight is 450 g/mol. The third-order valence-electron chi connectivity index (χ3n) is 6.45. The first-order valence-corrected chi connectivity index (χ1v) is 11.3. The van der Waals surface area contributed by atoms with E-state index in [-0.39, 0.29) is 5.56 Å². The van der Waals surface area contributed by atoms with Crippen LogP contribution in [0.1, 0.15) is 75.3 Å². The fraction of sp³-hybridized carbons (Fsp3) is 0.480. The van der Waals surface area contributed by atoms with Crippen LogP contribution in [0.3, 0.4) is 0 Å².